The minimum Gasteiger partial charge on any atom is -0.497 e. The number of hydrogen-bond acceptors (Lipinski definition) is 7. The van der Waals surface area contributed by atoms with Gasteiger partial charge in [0.1, 0.15) is 11.5 Å². The lowest BCUT2D eigenvalue weighted by Crippen LogP contribution is -2.26. The van der Waals surface area contributed by atoms with E-state index in [-0.39, 0.29) is 34.7 Å². The fraction of sp³-hybridized carbons (Fsp3) is 0.148. The molecule has 0 saturated heterocycles. The Morgan fingerprint density at radius 3 is 2.36 bits per heavy atom. The largest absolute Gasteiger partial charge is 0.497 e. The van der Waals surface area contributed by atoms with E-state index in [1.165, 1.54) is 11.7 Å². The second kappa shape index (κ2) is 11.5. The van der Waals surface area contributed by atoms with E-state index in [9.17, 15) is 14.7 Å². The second-order valence-corrected chi connectivity index (χ2v) is 8.68. The Morgan fingerprint density at radius 2 is 1.67 bits per heavy atom. The van der Waals surface area contributed by atoms with Crippen LogP contribution < -0.4 is 20.3 Å². The molecule has 4 rings (SSSR count). The van der Waals surface area contributed by atoms with E-state index in [1.807, 2.05) is 30.3 Å². The summed E-state index contributed by atoms with van der Waals surface area (Å²) in [6, 6.07) is 23.3. The van der Waals surface area contributed by atoms with Crippen LogP contribution in [-0.4, -0.2) is 40.5 Å². The maximum absolute atomic E-state index is 13.7. The van der Waals surface area contributed by atoms with Crippen molar-refractivity contribution in [3.05, 3.63) is 100 Å². The number of para-hydroxylation sites is 2. The summed E-state index contributed by atoms with van der Waals surface area (Å²) in [4.78, 5) is 30.6. The standard InChI is InChI=1S/C27H25N3O5S/c1-34-20-14-12-19(13-15-20)28-24(31)17-36-27-29-25(32)21(16-18-8-4-3-5-9-18)26(33)30(27)22-10-6-7-11-23(22)35-2/h3-15,32H,16-17H2,1-2H3,(H,28,31). The molecular formula is C27H25N3O5S. The van der Waals surface area contributed by atoms with Gasteiger partial charge in [-0.3, -0.25) is 14.2 Å². The number of aromatic hydroxyl groups is 1. The van der Waals surface area contributed by atoms with Crippen molar-refractivity contribution in [3.8, 4) is 23.1 Å². The van der Waals surface area contributed by atoms with Crippen LogP contribution in [0, 0.1) is 0 Å². The third kappa shape index (κ3) is 5.69. The summed E-state index contributed by atoms with van der Waals surface area (Å²) in [6.07, 6.45) is 0.205. The normalized spacial score (nSPS) is 10.6. The third-order valence-corrected chi connectivity index (χ3v) is 6.32. The SMILES string of the molecule is COc1ccc(NC(=O)CSc2nc(O)c(Cc3ccccc3)c(=O)n2-c2ccccc2OC)cc1. The molecule has 184 valence electrons. The van der Waals surface area contributed by atoms with E-state index < -0.39 is 5.56 Å². The summed E-state index contributed by atoms with van der Waals surface area (Å²) in [5, 5.41) is 13.7. The molecule has 1 amide bonds. The molecule has 0 bridgehead atoms. The molecule has 8 nitrogen and oxygen atoms in total. The Balaban J connectivity index is 1.67. The number of nitrogens with one attached hydrogen (secondary N) is 1. The smallest absolute Gasteiger partial charge is 0.266 e. The molecule has 2 N–H and O–H groups in total. The van der Waals surface area contributed by atoms with Crippen molar-refractivity contribution in [3.63, 3.8) is 0 Å². The summed E-state index contributed by atoms with van der Waals surface area (Å²) < 4.78 is 12.0. The Morgan fingerprint density at radius 1 is 0.972 bits per heavy atom. The van der Waals surface area contributed by atoms with Crippen LogP contribution in [0.4, 0.5) is 5.69 Å². The highest BCUT2D eigenvalue weighted by atomic mass is 32.2. The van der Waals surface area contributed by atoms with Gasteiger partial charge >= 0.3 is 0 Å². The molecule has 0 aliphatic heterocycles. The number of thioether (sulfide) groups is 1. The summed E-state index contributed by atoms with van der Waals surface area (Å²) in [5.74, 6) is 0.443. The van der Waals surface area contributed by atoms with Crippen LogP contribution in [-0.2, 0) is 11.2 Å². The van der Waals surface area contributed by atoms with Gasteiger partial charge in [-0.05, 0) is 42.0 Å². The number of hydrogen-bond donors (Lipinski definition) is 2. The van der Waals surface area contributed by atoms with E-state index in [2.05, 4.69) is 10.3 Å². The Labute approximate surface area is 212 Å². The van der Waals surface area contributed by atoms with Crippen molar-refractivity contribution < 1.29 is 19.4 Å². The van der Waals surface area contributed by atoms with Crippen molar-refractivity contribution in [2.75, 3.05) is 25.3 Å². The molecule has 1 aromatic heterocycles. The van der Waals surface area contributed by atoms with Gasteiger partial charge in [0.05, 0.1) is 31.2 Å². The maximum atomic E-state index is 13.7. The number of amides is 1. The average Bonchev–Trinajstić information content (AvgIpc) is 2.91. The fourth-order valence-corrected chi connectivity index (χ4v) is 4.40. The molecule has 0 atom stereocenters. The maximum Gasteiger partial charge on any atom is 0.266 e. The van der Waals surface area contributed by atoms with Gasteiger partial charge < -0.3 is 19.9 Å². The second-order valence-electron chi connectivity index (χ2n) is 7.74. The Hall–Kier alpha value is -4.24. The van der Waals surface area contributed by atoms with Gasteiger partial charge in [-0.2, -0.15) is 4.98 Å². The fourth-order valence-electron chi connectivity index (χ4n) is 3.61. The molecule has 4 aromatic rings. The van der Waals surface area contributed by atoms with E-state index in [0.29, 0.717) is 22.9 Å². The number of ether oxygens (including phenoxy) is 2. The minimum atomic E-state index is -0.436. The summed E-state index contributed by atoms with van der Waals surface area (Å²) in [7, 11) is 3.08. The number of aromatic nitrogens is 2. The van der Waals surface area contributed by atoms with Gasteiger partial charge in [0.15, 0.2) is 5.16 Å². The molecule has 3 aromatic carbocycles. The van der Waals surface area contributed by atoms with Crippen LogP contribution in [0.1, 0.15) is 11.1 Å². The molecule has 0 aliphatic carbocycles. The predicted molar refractivity (Wildman–Crippen MR) is 140 cm³/mol. The van der Waals surface area contributed by atoms with Crippen molar-refractivity contribution in [1.29, 1.82) is 0 Å². The van der Waals surface area contributed by atoms with Gasteiger partial charge in [-0.1, -0.05) is 54.2 Å². The first-order valence-corrected chi connectivity index (χ1v) is 12.1. The zero-order chi connectivity index (χ0) is 25.5. The number of methoxy groups -OCH3 is 2. The first-order valence-electron chi connectivity index (χ1n) is 11.1. The lowest BCUT2D eigenvalue weighted by Gasteiger charge is -2.17. The van der Waals surface area contributed by atoms with Crippen LogP contribution in [0.3, 0.4) is 0 Å². The van der Waals surface area contributed by atoms with E-state index in [4.69, 9.17) is 9.47 Å². The zero-order valence-electron chi connectivity index (χ0n) is 19.8. The van der Waals surface area contributed by atoms with Crippen LogP contribution in [0.2, 0.25) is 0 Å². The Kier molecular flexibility index (Phi) is 7.92. The average molecular weight is 504 g/mol. The molecule has 0 radical (unpaired) electrons. The van der Waals surface area contributed by atoms with Gasteiger partial charge in [0.25, 0.3) is 5.56 Å². The van der Waals surface area contributed by atoms with Crippen molar-refractivity contribution >= 4 is 23.4 Å². The molecule has 0 unspecified atom stereocenters. The van der Waals surface area contributed by atoms with Crippen LogP contribution in [0.15, 0.2) is 88.8 Å². The highest BCUT2D eigenvalue weighted by Gasteiger charge is 2.21. The van der Waals surface area contributed by atoms with Crippen LogP contribution >= 0.6 is 11.8 Å². The number of carbonyl (C=O) groups excluding carboxylic acids is 1. The molecule has 9 heteroatoms. The number of nitrogens with zero attached hydrogens (tertiary/aromatic N) is 2. The first kappa shape index (κ1) is 24.9. The summed E-state index contributed by atoms with van der Waals surface area (Å²) in [6.45, 7) is 0. The topological polar surface area (TPSA) is 103 Å². The first-order chi connectivity index (χ1) is 17.5. The van der Waals surface area contributed by atoms with Crippen molar-refractivity contribution in [1.82, 2.24) is 9.55 Å². The third-order valence-electron chi connectivity index (χ3n) is 5.38. The van der Waals surface area contributed by atoms with Gasteiger partial charge in [-0.25, -0.2) is 0 Å². The molecule has 36 heavy (non-hydrogen) atoms. The van der Waals surface area contributed by atoms with Crippen LogP contribution in [0.5, 0.6) is 17.4 Å². The van der Waals surface area contributed by atoms with Gasteiger partial charge in [-0.15, -0.1) is 0 Å². The minimum absolute atomic E-state index is 0.0366. The molecule has 0 saturated carbocycles. The predicted octanol–water partition coefficient (Wildman–Crippen LogP) is 4.28. The molecular weight excluding hydrogens is 478 g/mol. The number of benzene rings is 3. The van der Waals surface area contributed by atoms with E-state index in [1.54, 1.807) is 55.6 Å². The molecule has 0 fully saturated rings. The number of rotatable bonds is 9. The van der Waals surface area contributed by atoms with E-state index >= 15 is 0 Å². The monoisotopic (exact) mass is 503 g/mol. The summed E-state index contributed by atoms with van der Waals surface area (Å²) >= 11 is 1.04. The lowest BCUT2D eigenvalue weighted by molar-refractivity contribution is -0.113. The molecule has 1 heterocycles. The van der Waals surface area contributed by atoms with Gasteiger partial charge in [0, 0.05) is 12.1 Å². The highest BCUT2D eigenvalue weighted by Crippen LogP contribution is 2.28. The number of anilines is 1. The molecule has 0 spiro atoms. The van der Waals surface area contributed by atoms with Crippen molar-refractivity contribution in [2.24, 2.45) is 0 Å². The van der Waals surface area contributed by atoms with Crippen molar-refractivity contribution in [2.45, 2.75) is 11.6 Å². The highest BCUT2D eigenvalue weighted by molar-refractivity contribution is 7.99. The van der Waals surface area contributed by atoms with Crippen LogP contribution in [0.25, 0.3) is 5.69 Å². The zero-order valence-corrected chi connectivity index (χ0v) is 20.6. The number of carbonyl (C=O) groups is 1. The Bertz CT molecular complexity index is 1410. The summed E-state index contributed by atoms with van der Waals surface area (Å²) in [5.41, 5.74) is 1.65. The van der Waals surface area contributed by atoms with Gasteiger partial charge in [0.2, 0.25) is 11.8 Å². The lowest BCUT2D eigenvalue weighted by atomic mass is 10.1. The quantitative estimate of drug-likeness (QED) is 0.260. The molecule has 0 aliphatic rings. The van der Waals surface area contributed by atoms with E-state index in [0.717, 1.165) is 17.3 Å².